The molecule has 0 saturated carbocycles. The molecule has 0 radical (unpaired) electrons. The van der Waals surface area contributed by atoms with Crippen LogP contribution in [0.5, 0.6) is 0 Å². The van der Waals surface area contributed by atoms with Crippen LogP contribution in [0.1, 0.15) is 23.2 Å². The molecule has 3 rings (SSSR count). The highest BCUT2D eigenvalue weighted by Gasteiger charge is 2.27. The van der Waals surface area contributed by atoms with Crippen molar-refractivity contribution >= 4 is 23.2 Å². The topological polar surface area (TPSA) is 46.1 Å². The summed E-state index contributed by atoms with van der Waals surface area (Å²) in [5, 5.41) is 0.519. The van der Waals surface area contributed by atoms with Crippen LogP contribution in [0.4, 0.5) is 10.2 Å². The molecule has 1 aliphatic rings. The van der Waals surface area contributed by atoms with Crippen LogP contribution in [0.25, 0.3) is 0 Å². The smallest absolute Gasteiger partial charge is 0.166 e. The van der Waals surface area contributed by atoms with Gasteiger partial charge in [0, 0.05) is 24.6 Å². The van der Waals surface area contributed by atoms with E-state index in [0.717, 1.165) is 12.8 Å². The van der Waals surface area contributed by atoms with Gasteiger partial charge >= 0.3 is 0 Å². The Labute approximate surface area is 133 Å². The van der Waals surface area contributed by atoms with Crippen LogP contribution in [0, 0.1) is 11.7 Å². The SMILES string of the molecule is O=C(c1ccc(F)cc1)C1CCN(c2ncncc2Cl)CC1. The number of aromatic nitrogens is 2. The predicted molar refractivity (Wildman–Crippen MR) is 82.7 cm³/mol. The third-order valence-corrected chi connectivity index (χ3v) is 4.21. The zero-order chi connectivity index (χ0) is 15.5. The van der Waals surface area contributed by atoms with Crippen molar-refractivity contribution in [3.63, 3.8) is 0 Å². The van der Waals surface area contributed by atoms with Crippen LogP contribution in [0.15, 0.2) is 36.8 Å². The van der Waals surface area contributed by atoms with E-state index < -0.39 is 0 Å². The largest absolute Gasteiger partial charge is 0.355 e. The number of nitrogens with zero attached hydrogens (tertiary/aromatic N) is 3. The van der Waals surface area contributed by atoms with Gasteiger partial charge in [0.15, 0.2) is 11.6 Å². The minimum Gasteiger partial charge on any atom is -0.355 e. The molecular formula is C16H15ClFN3O. The van der Waals surface area contributed by atoms with Crippen molar-refractivity contribution in [2.45, 2.75) is 12.8 Å². The summed E-state index contributed by atoms with van der Waals surface area (Å²) in [4.78, 5) is 22.6. The average Bonchev–Trinajstić information content (AvgIpc) is 2.56. The molecule has 1 aromatic carbocycles. The highest BCUT2D eigenvalue weighted by Crippen LogP contribution is 2.28. The Morgan fingerprint density at radius 2 is 1.91 bits per heavy atom. The lowest BCUT2D eigenvalue weighted by atomic mass is 9.89. The molecule has 1 saturated heterocycles. The molecule has 0 spiro atoms. The van der Waals surface area contributed by atoms with Crippen LogP contribution in [-0.4, -0.2) is 28.8 Å². The van der Waals surface area contributed by atoms with Gasteiger partial charge in [-0.25, -0.2) is 14.4 Å². The quantitative estimate of drug-likeness (QED) is 0.814. The summed E-state index contributed by atoms with van der Waals surface area (Å²) in [5.41, 5.74) is 0.569. The maximum absolute atomic E-state index is 12.9. The molecule has 22 heavy (non-hydrogen) atoms. The van der Waals surface area contributed by atoms with Crippen LogP contribution in [-0.2, 0) is 0 Å². The normalized spacial score (nSPS) is 15.8. The lowest BCUT2D eigenvalue weighted by molar-refractivity contribution is 0.0900. The van der Waals surface area contributed by atoms with E-state index in [1.807, 2.05) is 0 Å². The van der Waals surface area contributed by atoms with Gasteiger partial charge in [0.2, 0.25) is 0 Å². The number of halogens is 2. The van der Waals surface area contributed by atoms with Crippen LogP contribution in [0.3, 0.4) is 0 Å². The van der Waals surface area contributed by atoms with E-state index in [0.29, 0.717) is 29.5 Å². The molecule has 1 aromatic heterocycles. The molecule has 1 aliphatic heterocycles. The molecule has 1 fully saturated rings. The summed E-state index contributed by atoms with van der Waals surface area (Å²) in [6.45, 7) is 1.43. The Bertz CT molecular complexity index is 669. The molecular weight excluding hydrogens is 305 g/mol. The minimum absolute atomic E-state index is 0.0395. The Balaban J connectivity index is 1.65. The van der Waals surface area contributed by atoms with E-state index in [1.54, 1.807) is 18.3 Å². The number of hydrogen-bond donors (Lipinski definition) is 0. The molecule has 0 amide bonds. The number of anilines is 1. The second-order valence-corrected chi connectivity index (χ2v) is 5.73. The summed E-state index contributed by atoms with van der Waals surface area (Å²) in [5.74, 6) is 0.421. The molecule has 2 aromatic rings. The van der Waals surface area contributed by atoms with Crippen LogP contribution < -0.4 is 4.90 Å². The highest BCUT2D eigenvalue weighted by molar-refractivity contribution is 6.32. The predicted octanol–water partition coefficient (Wildman–Crippen LogP) is 3.37. The van der Waals surface area contributed by atoms with Gasteiger partial charge in [-0.1, -0.05) is 11.6 Å². The number of Topliss-reactive ketones (excluding diaryl/α,β-unsaturated/α-hetero) is 1. The molecule has 0 aliphatic carbocycles. The van der Waals surface area contributed by atoms with Crippen molar-refractivity contribution in [1.29, 1.82) is 0 Å². The summed E-state index contributed by atoms with van der Waals surface area (Å²) < 4.78 is 12.9. The van der Waals surface area contributed by atoms with Crippen LogP contribution >= 0.6 is 11.6 Å². The van der Waals surface area contributed by atoms with E-state index >= 15 is 0 Å². The van der Waals surface area contributed by atoms with Gasteiger partial charge < -0.3 is 4.90 Å². The molecule has 0 bridgehead atoms. The molecule has 0 unspecified atom stereocenters. The van der Waals surface area contributed by atoms with E-state index in [9.17, 15) is 9.18 Å². The van der Waals surface area contributed by atoms with E-state index in [2.05, 4.69) is 14.9 Å². The first-order valence-electron chi connectivity index (χ1n) is 7.15. The Kier molecular flexibility index (Phi) is 4.34. The number of benzene rings is 1. The first-order chi connectivity index (χ1) is 10.6. The lowest BCUT2D eigenvalue weighted by Gasteiger charge is -2.32. The maximum atomic E-state index is 12.9. The fraction of sp³-hybridized carbons (Fsp3) is 0.312. The first-order valence-corrected chi connectivity index (χ1v) is 7.53. The number of ketones is 1. The van der Waals surface area contributed by atoms with Crippen LogP contribution in [0.2, 0.25) is 5.02 Å². The fourth-order valence-electron chi connectivity index (χ4n) is 2.74. The number of carbonyl (C=O) groups excluding carboxylic acids is 1. The first kappa shape index (κ1) is 14.9. The van der Waals surface area contributed by atoms with Gasteiger partial charge in [0.05, 0.1) is 6.20 Å². The summed E-state index contributed by atoms with van der Waals surface area (Å²) >= 11 is 6.10. The zero-order valence-electron chi connectivity index (χ0n) is 11.9. The summed E-state index contributed by atoms with van der Waals surface area (Å²) in [6.07, 6.45) is 4.50. The standard InChI is InChI=1S/C16H15ClFN3O/c17-14-9-19-10-20-16(14)21-7-5-12(6-8-21)15(22)11-1-3-13(18)4-2-11/h1-4,9-10,12H,5-8H2. The Hall–Kier alpha value is -2.01. The average molecular weight is 320 g/mol. The molecule has 6 heteroatoms. The summed E-state index contributed by atoms with van der Waals surface area (Å²) in [6, 6.07) is 5.74. The lowest BCUT2D eigenvalue weighted by Crippen LogP contribution is -2.37. The maximum Gasteiger partial charge on any atom is 0.166 e. The Morgan fingerprint density at radius 3 is 2.55 bits per heavy atom. The number of hydrogen-bond acceptors (Lipinski definition) is 4. The monoisotopic (exact) mass is 319 g/mol. The minimum atomic E-state index is -0.329. The molecule has 4 nitrogen and oxygen atoms in total. The molecule has 0 atom stereocenters. The van der Waals surface area contributed by atoms with Gasteiger partial charge in [-0.05, 0) is 37.1 Å². The summed E-state index contributed by atoms with van der Waals surface area (Å²) in [7, 11) is 0. The van der Waals surface area contributed by atoms with Crippen molar-refractivity contribution < 1.29 is 9.18 Å². The van der Waals surface area contributed by atoms with Gasteiger partial charge in [-0.15, -0.1) is 0 Å². The number of rotatable bonds is 3. The zero-order valence-corrected chi connectivity index (χ0v) is 12.6. The second kappa shape index (κ2) is 6.40. The van der Waals surface area contributed by atoms with Crippen molar-refractivity contribution in [3.05, 3.63) is 53.2 Å². The Morgan fingerprint density at radius 1 is 1.23 bits per heavy atom. The molecule has 0 N–H and O–H groups in total. The van der Waals surface area contributed by atoms with Crippen molar-refractivity contribution in [1.82, 2.24) is 9.97 Å². The van der Waals surface area contributed by atoms with Gasteiger partial charge in [-0.2, -0.15) is 0 Å². The van der Waals surface area contributed by atoms with Crippen molar-refractivity contribution in [3.8, 4) is 0 Å². The van der Waals surface area contributed by atoms with Gasteiger partial charge in [-0.3, -0.25) is 4.79 Å². The molecule has 2 heterocycles. The second-order valence-electron chi connectivity index (χ2n) is 5.33. The molecule has 114 valence electrons. The number of carbonyl (C=O) groups is 1. The van der Waals surface area contributed by atoms with E-state index in [1.165, 1.54) is 18.5 Å². The third kappa shape index (κ3) is 3.09. The van der Waals surface area contributed by atoms with Gasteiger partial charge in [0.25, 0.3) is 0 Å². The highest BCUT2D eigenvalue weighted by atomic mass is 35.5. The van der Waals surface area contributed by atoms with Gasteiger partial charge in [0.1, 0.15) is 17.2 Å². The van der Waals surface area contributed by atoms with E-state index in [4.69, 9.17) is 11.6 Å². The number of piperidine rings is 1. The third-order valence-electron chi connectivity index (χ3n) is 3.94. The fourth-order valence-corrected chi connectivity index (χ4v) is 2.97. The van der Waals surface area contributed by atoms with Crippen molar-refractivity contribution in [2.75, 3.05) is 18.0 Å². The van der Waals surface area contributed by atoms with Crippen molar-refractivity contribution in [2.24, 2.45) is 5.92 Å². The van der Waals surface area contributed by atoms with E-state index in [-0.39, 0.29) is 17.5 Å².